The maximum absolute atomic E-state index is 6.30. The first-order valence-corrected chi connectivity index (χ1v) is 9.14. The van der Waals surface area contributed by atoms with Crippen LogP contribution in [0.1, 0.15) is 0 Å². The molecule has 2 aromatic carbocycles. The first-order chi connectivity index (χ1) is 13.7. The molecule has 1 N–H and O–H groups in total. The third kappa shape index (κ3) is 2.93. The molecule has 6 nitrogen and oxygen atoms in total. The first kappa shape index (κ1) is 16.9. The van der Waals surface area contributed by atoms with Gasteiger partial charge in [-0.1, -0.05) is 35.3 Å². The Hall–Kier alpha value is -3.22. The van der Waals surface area contributed by atoms with E-state index in [4.69, 9.17) is 27.6 Å². The zero-order valence-corrected chi connectivity index (χ0v) is 15.7. The maximum Gasteiger partial charge on any atom is 0.266 e. The molecule has 0 saturated heterocycles. The summed E-state index contributed by atoms with van der Waals surface area (Å²) in [5, 5.41) is 9.27. The largest absolute Gasteiger partial charge is 0.415 e. The number of rotatable bonds is 3. The lowest BCUT2D eigenvalue weighted by Gasteiger charge is -2.02. The highest BCUT2D eigenvalue weighted by molar-refractivity contribution is 6.39. The molecule has 0 saturated carbocycles. The number of H-pyrrole nitrogens is 1. The van der Waals surface area contributed by atoms with Crippen LogP contribution in [-0.2, 0) is 0 Å². The lowest BCUT2D eigenvalue weighted by Crippen LogP contribution is -1.83. The van der Waals surface area contributed by atoms with E-state index < -0.39 is 0 Å². The van der Waals surface area contributed by atoms with Crippen LogP contribution in [0.5, 0.6) is 0 Å². The van der Waals surface area contributed by atoms with Crippen LogP contribution in [0.4, 0.5) is 0 Å². The SMILES string of the molecule is Clc1cccc(Cl)c1-c1nc2ccc(-c3nnc(-c4ccccn4)o3)cc2[nH]1. The van der Waals surface area contributed by atoms with Crippen molar-refractivity contribution in [3.05, 3.63) is 70.8 Å². The number of pyridine rings is 1. The van der Waals surface area contributed by atoms with E-state index in [1.807, 2.05) is 36.4 Å². The minimum Gasteiger partial charge on any atom is -0.415 e. The van der Waals surface area contributed by atoms with Gasteiger partial charge in [-0.05, 0) is 42.5 Å². The number of nitrogens with one attached hydrogen (secondary N) is 1. The fraction of sp³-hybridized carbons (Fsp3) is 0. The molecule has 3 aromatic heterocycles. The van der Waals surface area contributed by atoms with Gasteiger partial charge in [-0.25, -0.2) is 4.98 Å². The number of halogens is 2. The quantitative estimate of drug-likeness (QED) is 0.417. The average molecular weight is 408 g/mol. The molecular weight excluding hydrogens is 397 g/mol. The molecule has 8 heteroatoms. The predicted octanol–water partition coefficient (Wildman–Crippen LogP) is 5.65. The molecule has 136 valence electrons. The predicted molar refractivity (Wildman–Crippen MR) is 108 cm³/mol. The summed E-state index contributed by atoms with van der Waals surface area (Å²) in [6.07, 6.45) is 1.68. The number of fused-ring (bicyclic) bond motifs is 1. The maximum atomic E-state index is 6.30. The Morgan fingerprint density at radius 3 is 2.46 bits per heavy atom. The lowest BCUT2D eigenvalue weighted by molar-refractivity contribution is 0.582. The molecular formula is C20H11Cl2N5O. The standard InChI is InChI=1S/C20H11Cl2N5O/c21-12-4-3-5-13(22)17(12)18-24-14-8-7-11(10-16(14)25-18)19-26-27-20(28-19)15-6-1-2-9-23-15/h1-10H,(H,24,25). The average Bonchev–Trinajstić information content (AvgIpc) is 3.35. The summed E-state index contributed by atoms with van der Waals surface area (Å²) in [4.78, 5) is 12.1. The van der Waals surface area contributed by atoms with Crippen LogP contribution in [0.25, 0.3) is 45.5 Å². The van der Waals surface area contributed by atoms with Crippen LogP contribution in [0.2, 0.25) is 10.0 Å². The zero-order valence-electron chi connectivity index (χ0n) is 14.2. The Labute approximate surface area is 169 Å². The summed E-state index contributed by atoms with van der Waals surface area (Å²) >= 11 is 12.6. The lowest BCUT2D eigenvalue weighted by atomic mass is 10.2. The molecule has 3 heterocycles. The topological polar surface area (TPSA) is 80.5 Å². The van der Waals surface area contributed by atoms with Crippen molar-refractivity contribution in [2.24, 2.45) is 0 Å². The summed E-state index contributed by atoms with van der Waals surface area (Å²) < 4.78 is 5.77. The molecule has 0 radical (unpaired) electrons. The Morgan fingerprint density at radius 1 is 0.857 bits per heavy atom. The van der Waals surface area contributed by atoms with Crippen molar-refractivity contribution < 1.29 is 4.42 Å². The van der Waals surface area contributed by atoms with Gasteiger partial charge in [0.25, 0.3) is 5.89 Å². The fourth-order valence-corrected chi connectivity index (χ4v) is 3.49. The van der Waals surface area contributed by atoms with Gasteiger partial charge in [-0.2, -0.15) is 0 Å². The first-order valence-electron chi connectivity index (χ1n) is 8.38. The van der Waals surface area contributed by atoms with E-state index in [-0.39, 0.29) is 0 Å². The normalized spacial score (nSPS) is 11.2. The van der Waals surface area contributed by atoms with Crippen molar-refractivity contribution in [2.75, 3.05) is 0 Å². The number of nitrogens with zero attached hydrogens (tertiary/aromatic N) is 4. The van der Waals surface area contributed by atoms with Gasteiger partial charge in [-0.3, -0.25) is 4.98 Å². The second kappa shape index (κ2) is 6.74. The van der Waals surface area contributed by atoms with Gasteiger partial charge in [0.15, 0.2) is 0 Å². The molecule has 5 rings (SSSR count). The van der Waals surface area contributed by atoms with Crippen molar-refractivity contribution in [3.63, 3.8) is 0 Å². The third-order valence-electron chi connectivity index (χ3n) is 4.24. The molecule has 0 fully saturated rings. The van der Waals surface area contributed by atoms with Crippen LogP contribution in [-0.4, -0.2) is 25.1 Å². The van der Waals surface area contributed by atoms with Crippen LogP contribution < -0.4 is 0 Å². The van der Waals surface area contributed by atoms with E-state index in [9.17, 15) is 0 Å². The number of imidazole rings is 1. The van der Waals surface area contributed by atoms with Crippen molar-refractivity contribution in [1.29, 1.82) is 0 Å². The van der Waals surface area contributed by atoms with Crippen molar-refractivity contribution in [2.45, 2.75) is 0 Å². The summed E-state index contributed by atoms with van der Waals surface area (Å²) in [6, 6.07) is 16.5. The summed E-state index contributed by atoms with van der Waals surface area (Å²) in [5.41, 5.74) is 3.64. The van der Waals surface area contributed by atoms with Gasteiger partial charge >= 0.3 is 0 Å². The van der Waals surface area contributed by atoms with Gasteiger partial charge < -0.3 is 9.40 Å². The Kier molecular flexibility index (Phi) is 4.07. The summed E-state index contributed by atoms with van der Waals surface area (Å²) in [6.45, 7) is 0. The van der Waals surface area contributed by atoms with Gasteiger partial charge in [0.1, 0.15) is 11.5 Å². The van der Waals surface area contributed by atoms with Crippen molar-refractivity contribution in [3.8, 4) is 34.4 Å². The zero-order chi connectivity index (χ0) is 19.1. The molecule has 0 spiro atoms. The highest BCUT2D eigenvalue weighted by atomic mass is 35.5. The molecule has 0 amide bonds. The molecule has 5 aromatic rings. The fourth-order valence-electron chi connectivity index (χ4n) is 2.92. The van der Waals surface area contributed by atoms with Crippen LogP contribution in [0.15, 0.2) is 65.2 Å². The number of hydrogen-bond acceptors (Lipinski definition) is 5. The molecule has 0 aliphatic heterocycles. The minimum absolute atomic E-state index is 0.365. The second-order valence-corrected chi connectivity index (χ2v) is 6.86. The van der Waals surface area contributed by atoms with E-state index in [1.54, 1.807) is 24.4 Å². The molecule has 0 bridgehead atoms. The number of aromatic nitrogens is 5. The molecule has 28 heavy (non-hydrogen) atoms. The van der Waals surface area contributed by atoms with Gasteiger partial charge in [0.2, 0.25) is 5.89 Å². The number of benzene rings is 2. The van der Waals surface area contributed by atoms with Crippen molar-refractivity contribution in [1.82, 2.24) is 25.1 Å². The smallest absolute Gasteiger partial charge is 0.266 e. The Morgan fingerprint density at radius 2 is 1.68 bits per heavy atom. The third-order valence-corrected chi connectivity index (χ3v) is 4.87. The highest BCUT2D eigenvalue weighted by Gasteiger charge is 2.15. The minimum atomic E-state index is 0.365. The van der Waals surface area contributed by atoms with Gasteiger partial charge in [0, 0.05) is 11.8 Å². The van der Waals surface area contributed by atoms with E-state index in [2.05, 4.69) is 25.1 Å². The Balaban J connectivity index is 1.55. The molecule has 0 aliphatic carbocycles. The molecule has 0 atom stereocenters. The van der Waals surface area contributed by atoms with E-state index in [0.29, 0.717) is 38.9 Å². The van der Waals surface area contributed by atoms with Crippen LogP contribution in [0.3, 0.4) is 0 Å². The Bertz CT molecular complexity index is 1280. The summed E-state index contributed by atoms with van der Waals surface area (Å²) in [7, 11) is 0. The van der Waals surface area contributed by atoms with Gasteiger partial charge in [-0.15, -0.1) is 10.2 Å². The van der Waals surface area contributed by atoms with Crippen molar-refractivity contribution >= 4 is 34.2 Å². The second-order valence-electron chi connectivity index (χ2n) is 6.04. The molecule has 0 unspecified atom stereocenters. The van der Waals surface area contributed by atoms with E-state index >= 15 is 0 Å². The summed E-state index contributed by atoms with van der Waals surface area (Å²) in [5.74, 6) is 1.36. The highest BCUT2D eigenvalue weighted by Crippen LogP contribution is 2.34. The van der Waals surface area contributed by atoms with E-state index in [1.165, 1.54) is 0 Å². The van der Waals surface area contributed by atoms with Crippen LogP contribution >= 0.6 is 23.2 Å². The van der Waals surface area contributed by atoms with E-state index in [0.717, 1.165) is 16.6 Å². The number of hydrogen-bond donors (Lipinski definition) is 1. The number of aromatic amines is 1. The monoisotopic (exact) mass is 407 g/mol. The van der Waals surface area contributed by atoms with Gasteiger partial charge in [0.05, 0.1) is 26.6 Å². The van der Waals surface area contributed by atoms with Crippen LogP contribution in [0, 0.1) is 0 Å². The molecule has 0 aliphatic rings.